The van der Waals surface area contributed by atoms with Gasteiger partial charge in [0.25, 0.3) is 0 Å². The molecule has 0 amide bonds. The van der Waals surface area contributed by atoms with Crippen LogP contribution in [0, 0.1) is 0 Å². The van der Waals surface area contributed by atoms with Crippen LogP contribution in [0.3, 0.4) is 0 Å². The Kier molecular flexibility index (Phi) is 6.29. The molecule has 4 aromatic heterocycles. The van der Waals surface area contributed by atoms with Gasteiger partial charge < -0.3 is 4.57 Å². The highest BCUT2D eigenvalue weighted by atomic mass is 32.1. The molecule has 3 nitrogen and oxygen atoms in total. The quantitative estimate of drug-likeness (QED) is 0.185. The van der Waals surface area contributed by atoms with Crippen molar-refractivity contribution in [1.29, 1.82) is 0 Å². The predicted molar refractivity (Wildman–Crippen MR) is 218 cm³/mol. The molecule has 0 unspecified atom stereocenters. The SMILES string of the molecule is c1ccc(-c2cc(-c3ccc4sc5ccccc5c4c3)nc(-c3cccc4c3sc3c4ccc4c5ccccc5n(-c5ccccc5)c43)n2)cc1. The van der Waals surface area contributed by atoms with Crippen LogP contribution in [0.4, 0.5) is 0 Å². The van der Waals surface area contributed by atoms with Gasteiger partial charge in [0.15, 0.2) is 5.82 Å². The molecule has 0 aliphatic carbocycles. The van der Waals surface area contributed by atoms with Crippen molar-refractivity contribution in [2.75, 3.05) is 0 Å². The standard InChI is InChI=1S/C46H27N3S2/c1-3-12-28(13-4-1)38-27-39(29-22-25-42-37(26-29)32-17-8-10-21-41(32)50-42)48-46(47-38)36-19-11-18-34-35-24-23-33-31-16-7-9-20-40(31)49(30-14-5-2-6-15-30)43(33)45(35)51-44(34)36/h1-27H. The Bertz CT molecular complexity index is 3130. The summed E-state index contributed by atoms with van der Waals surface area (Å²) in [7, 11) is 0. The summed E-state index contributed by atoms with van der Waals surface area (Å²) in [5.41, 5.74) is 8.65. The smallest absolute Gasteiger partial charge is 0.161 e. The first-order chi connectivity index (χ1) is 25.3. The molecule has 0 radical (unpaired) electrons. The fourth-order valence-corrected chi connectivity index (χ4v) is 10.1. The molecule has 0 saturated heterocycles. The Morgan fingerprint density at radius 2 is 1.08 bits per heavy atom. The summed E-state index contributed by atoms with van der Waals surface area (Å²) in [6.07, 6.45) is 0. The number of rotatable bonds is 4. The molecular weight excluding hydrogens is 659 g/mol. The lowest BCUT2D eigenvalue weighted by molar-refractivity contribution is 1.19. The number of benzene rings is 7. The lowest BCUT2D eigenvalue weighted by Gasteiger charge is -2.10. The van der Waals surface area contributed by atoms with E-state index < -0.39 is 0 Å². The maximum atomic E-state index is 5.35. The summed E-state index contributed by atoms with van der Waals surface area (Å²) in [4.78, 5) is 10.6. The van der Waals surface area contributed by atoms with Crippen molar-refractivity contribution in [3.63, 3.8) is 0 Å². The molecule has 4 heterocycles. The van der Waals surface area contributed by atoms with E-state index in [1.807, 2.05) is 22.7 Å². The zero-order valence-corrected chi connectivity index (χ0v) is 28.9. The van der Waals surface area contributed by atoms with E-state index in [1.165, 1.54) is 62.2 Å². The van der Waals surface area contributed by atoms with Gasteiger partial charge in [0.05, 0.1) is 27.1 Å². The molecule has 0 aliphatic heterocycles. The third-order valence-corrected chi connectivity index (χ3v) is 12.4. The second kappa shape index (κ2) is 11.2. The Labute approximate surface area is 301 Å². The average molecular weight is 686 g/mol. The van der Waals surface area contributed by atoms with Crippen molar-refractivity contribution in [2.24, 2.45) is 0 Å². The summed E-state index contributed by atoms with van der Waals surface area (Å²) < 4.78 is 7.47. The first-order valence-corrected chi connectivity index (χ1v) is 18.7. The molecule has 0 saturated carbocycles. The van der Waals surface area contributed by atoms with Gasteiger partial charge in [-0.3, -0.25) is 0 Å². The van der Waals surface area contributed by atoms with E-state index in [0.29, 0.717) is 0 Å². The number of fused-ring (bicyclic) bond motifs is 10. The van der Waals surface area contributed by atoms with Crippen molar-refractivity contribution in [3.8, 4) is 39.6 Å². The average Bonchev–Trinajstić information content (AvgIpc) is 3.88. The number of aromatic nitrogens is 3. The molecule has 5 heteroatoms. The van der Waals surface area contributed by atoms with E-state index in [9.17, 15) is 0 Å². The third-order valence-electron chi connectivity index (χ3n) is 10.0. The van der Waals surface area contributed by atoms with Crippen LogP contribution in [-0.2, 0) is 0 Å². The number of hydrogen-bond acceptors (Lipinski definition) is 4. The highest BCUT2D eigenvalue weighted by Crippen LogP contribution is 2.46. The topological polar surface area (TPSA) is 30.7 Å². The zero-order valence-electron chi connectivity index (χ0n) is 27.2. The molecule has 0 N–H and O–H groups in total. The van der Waals surface area contributed by atoms with Gasteiger partial charge in [-0.2, -0.15) is 0 Å². The van der Waals surface area contributed by atoms with Gasteiger partial charge in [0.1, 0.15) is 0 Å². The van der Waals surface area contributed by atoms with Crippen molar-refractivity contribution in [3.05, 3.63) is 164 Å². The minimum atomic E-state index is 0.735. The van der Waals surface area contributed by atoms with E-state index in [-0.39, 0.29) is 0 Å². The minimum absolute atomic E-state index is 0.735. The summed E-state index contributed by atoms with van der Waals surface area (Å²) in [5, 5.41) is 7.54. The van der Waals surface area contributed by atoms with Crippen LogP contribution in [0.5, 0.6) is 0 Å². The molecule has 0 spiro atoms. The van der Waals surface area contributed by atoms with Crippen LogP contribution in [0.2, 0.25) is 0 Å². The Morgan fingerprint density at radius 1 is 0.412 bits per heavy atom. The number of nitrogens with zero attached hydrogens (tertiary/aromatic N) is 3. The molecule has 7 aromatic carbocycles. The number of para-hydroxylation sites is 2. The van der Waals surface area contributed by atoms with Gasteiger partial charge in [0.2, 0.25) is 0 Å². The molecule has 0 atom stereocenters. The van der Waals surface area contributed by atoms with Crippen LogP contribution in [0.1, 0.15) is 0 Å². The molecule has 51 heavy (non-hydrogen) atoms. The van der Waals surface area contributed by atoms with Gasteiger partial charge in [-0.15, -0.1) is 22.7 Å². The van der Waals surface area contributed by atoms with Crippen LogP contribution < -0.4 is 0 Å². The van der Waals surface area contributed by atoms with Gasteiger partial charge in [-0.1, -0.05) is 115 Å². The summed E-state index contributed by atoms with van der Waals surface area (Å²) >= 11 is 3.68. The maximum absolute atomic E-state index is 5.35. The van der Waals surface area contributed by atoms with Crippen LogP contribution in [0.15, 0.2) is 164 Å². The zero-order chi connectivity index (χ0) is 33.5. The first kappa shape index (κ1) is 28.7. The van der Waals surface area contributed by atoms with E-state index in [0.717, 1.165) is 39.6 Å². The molecule has 0 fully saturated rings. The first-order valence-electron chi connectivity index (χ1n) is 17.1. The monoisotopic (exact) mass is 685 g/mol. The number of hydrogen-bond donors (Lipinski definition) is 0. The van der Waals surface area contributed by atoms with Crippen LogP contribution in [-0.4, -0.2) is 14.5 Å². The van der Waals surface area contributed by atoms with Crippen molar-refractivity contribution in [2.45, 2.75) is 0 Å². The van der Waals surface area contributed by atoms with Gasteiger partial charge in [-0.05, 0) is 48.5 Å². The Morgan fingerprint density at radius 3 is 1.94 bits per heavy atom. The van der Waals surface area contributed by atoms with Gasteiger partial charge in [0, 0.05) is 68.8 Å². The Balaban J connectivity index is 1.18. The fraction of sp³-hybridized carbons (Fsp3) is 0. The fourth-order valence-electron chi connectivity index (χ4n) is 7.68. The normalized spacial score (nSPS) is 11.9. The minimum Gasteiger partial charge on any atom is -0.308 e. The van der Waals surface area contributed by atoms with Crippen molar-refractivity contribution >= 4 is 84.8 Å². The summed E-state index contributed by atoms with van der Waals surface area (Å²) in [6.45, 7) is 0. The summed E-state index contributed by atoms with van der Waals surface area (Å²) in [5.74, 6) is 0.735. The van der Waals surface area contributed by atoms with Gasteiger partial charge >= 0.3 is 0 Å². The summed E-state index contributed by atoms with van der Waals surface area (Å²) in [6, 6.07) is 58.6. The Hall–Kier alpha value is -6.14. The largest absolute Gasteiger partial charge is 0.308 e. The molecule has 0 aliphatic rings. The lowest BCUT2D eigenvalue weighted by atomic mass is 10.0. The molecular formula is C46H27N3S2. The predicted octanol–water partition coefficient (Wildman–Crippen LogP) is 13.3. The van der Waals surface area contributed by atoms with E-state index in [2.05, 4.69) is 168 Å². The number of thiophene rings is 2. The lowest BCUT2D eigenvalue weighted by Crippen LogP contribution is -1.96. The van der Waals surface area contributed by atoms with E-state index >= 15 is 0 Å². The van der Waals surface area contributed by atoms with Crippen LogP contribution in [0.25, 0.3) is 102 Å². The second-order valence-electron chi connectivity index (χ2n) is 12.9. The van der Waals surface area contributed by atoms with Crippen molar-refractivity contribution in [1.82, 2.24) is 14.5 Å². The van der Waals surface area contributed by atoms with Crippen molar-refractivity contribution < 1.29 is 0 Å². The van der Waals surface area contributed by atoms with E-state index in [4.69, 9.17) is 9.97 Å². The molecule has 238 valence electrons. The third kappa shape index (κ3) is 4.42. The van der Waals surface area contributed by atoms with Gasteiger partial charge in [-0.25, -0.2) is 9.97 Å². The second-order valence-corrected chi connectivity index (χ2v) is 15.1. The van der Waals surface area contributed by atoms with E-state index in [1.54, 1.807) is 0 Å². The maximum Gasteiger partial charge on any atom is 0.161 e. The highest BCUT2D eigenvalue weighted by Gasteiger charge is 2.20. The molecule has 0 bridgehead atoms. The molecule has 11 rings (SSSR count). The highest BCUT2D eigenvalue weighted by molar-refractivity contribution is 7.27. The molecule has 11 aromatic rings. The van der Waals surface area contributed by atoms with Crippen LogP contribution >= 0.6 is 22.7 Å².